The average molecular weight is 382 g/mol. The molecule has 0 aliphatic heterocycles. The Labute approximate surface area is 168 Å². The standard InChI is InChI=1S/C23H18N4O2/c1-16-7-5-6-10-21(16)25-23(29)18(15-24)13-17-14-20(11-12-22(17)28)27-26-19-8-3-2-4-9-19/h2-14,28H,1H3,(H,25,29)/b18-13-,27-26?. The van der Waals surface area contributed by atoms with Crippen LogP contribution in [0.4, 0.5) is 17.1 Å². The Morgan fingerprint density at radius 2 is 1.69 bits per heavy atom. The van der Waals surface area contributed by atoms with Gasteiger partial charge in [-0.3, -0.25) is 4.79 Å². The Hall–Kier alpha value is -4.24. The second kappa shape index (κ2) is 9.11. The highest BCUT2D eigenvalue weighted by atomic mass is 16.3. The van der Waals surface area contributed by atoms with Gasteiger partial charge in [0.05, 0.1) is 11.4 Å². The third kappa shape index (κ3) is 5.15. The van der Waals surface area contributed by atoms with Crippen molar-refractivity contribution in [1.82, 2.24) is 0 Å². The average Bonchev–Trinajstić information content (AvgIpc) is 2.74. The summed E-state index contributed by atoms with van der Waals surface area (Å²) in [6.45, 7) is 1.86. The number of rotatable bonds is 5. The number of anilines is 1. The molecule has 0 atom stereocenters. The topological polar surface area (TPSA) is 97.8 Å². The normalized spacial score (nSPS) is 11.2. The fraction of sp³-hybridized carbons (Fsp3) is 0.0435. The van der Waals surface area contributed by atoms with Gasteiger partial charge in [0.1, 0.15) is 17.4 Å². The van der Waals surface area contributed by atoms with Gasteiger partial charge in [0.2, 0.25) is 0 Å². The Kier molecular flexibility index (Phi) is 6.13. The van der Waals surface area contributed by atoms with Gasteiger partial charge in [-0.05, 0) is 55.0 Å². The number of aryl methyl sites for hydroxylation is 1. The molecule has 0 spiro atoms. The van der Waals surface area contributed by atoms with Gasteiger partial charge < -0.3 is 10.4 Å². The molecule has 0 saturated heterocycles. The minimum Gasteiger partial charge on any atom is -0.507 e. The highest BCUT2D eigenvalue weighted by Gasteiger charge is 2.12. The van der Waals surface area contributed by atoms with Crippen molar-refractivity contribution in [3.63, 3.8) is 0 Å². The molecule has 142 valence electrons. The molecular weight excluding hydrogens is 364 g/mol. The van der Waals surface area contributed by atoms with Crippen molar-refractivity contribution in [3.05, 3.63) is 89.5 Å². The van der Waals surface area contributed by atoms with Gasteiger partial charge in [-0.15, -0.1) is 0 Å². The summed E-state index contributed by atoms with van der Waals surface area (Å²) in [4.78, 5) is 12.5. The number of phenolic OH excluding ortho intramolecular Hbond substituents is 1. The number of aromatic hydroxyl groups is 1. The Morgan fingerprint density at radius 1 is 1.00 bits per heavy atom. The molecule has 0 aliphatic carbocycles. The summed E-state index contributed by atoms with van der Waals surface area (Å²) in [5, 5.41) is 30.5. The van der Waals surface area contributed by atoms with Crippen LogP contribution in [-0.2, 0) is 4.79 Å². The Bertz CT molecular complexity index is 1130. The maximum Gasteiger partial charge on any atom is 0.266 e. The van der Waals surface area contributed by atoms with Crippen molar-refractivity contribution in [2.24, 2.45) is 10.2 Å². The van der Waals surface area contributed by atoms with Crippen LogP contribution >= 0.6 is 0 Å². The van der Waals surface area contributed by atoms with Gasteiger partial charge >= 0.3 is 0 Å². The van der Waals surface area contributed by atoms with Crippen LogP contribution in [0, 0.1) is 18.3 Å². The van der Waals surface area contributed by atoms with Crippen LogP contribution in [0.25, 0.3) is 6.08 Å². The molecule has 0 radical (unpaired) electrons. The monoisotopic (exact) mass is 382 g/mol. The first-order valence-electron chi connectivity index (χ1n) is 8.85. The number of hydrogen-bond acceptors (Lipinski definition) is 5. The van der Waals surface area contributed by atoms with E-state index in [0.717, 1.165) is 5.56 Å². The maximum atomic E-state index is 12.5. The predicted octanol–water partition coefficient (Wildman–Crippen LogP) is 5.66. The molecule has 29 heavy (non-hydrogen) atoms. The summed E-state index contributed by atoms with van der Waals surface area (Å²) in [7, 11) is 0. The molecule has 0 aromatic heterocycles. The second-order valence-corrected chi connectivity index (χ2v) is 6.22. The summed E-state index contributed by atoms with van der Waals surface area (Å²) in [5.41, 5.74) is 2.83. The fourth-order valence-corrected chi connectivity index (χ4v) is 2.54. The van der Waals surface area contributed by atoms with Crippen molar-refractivity contribution >= 4 is 29.0 Å². The lowest BCUT2D eigenvalue weighted by atomic mass is 10.1. The first-order chi connectivity index (χ1) is 14.1. The van der Waals surface area contributed by atoms with E-state index in [4.69, 9.17) is 0 Å². The van der Waals surface area contributed by atoms with E-state index < -0.39 is 5.91 Å². The van der Waals surface area contributed by atoms with E-state index >= 15 is 0 Å². The first kappa shape index (κ1) is 19.5. The molecule has 0 heterocycles. The quantitative estimate of drug-likeness (QED) is 0.338. The summed E-state index contributed by atoms with van der Waals surface area (Å²) in [5.74, 6) is -0.627. The van der Waals surface area contributed by atoms with E-state index in [2.05, 4.69) is 15.5 Å². The third-order valence-corrected chi connectivity index (χ3v) is 4.11. The van der Waals surface area contributed by atoms with Crippen molar-refractivity contribution in [2.45, 2.75) is 6.92 Å². The smallest absolute Gasteiger partial charge is 0.266 e. The van der Waals surface area contributed by atoms with Gasteiger partial charge in [0.15, 0.2) is 0 Å². The lowest BCUT2D eigenvalue weighted by Gasteiger charge is -2.07. The number of benzene rings is 3. The number of amides is 1. The minimum atomic E-state index is -0.558. The molecule has 0 fully saturated rings. The Balaban J connectivity index is 1.85. The van der Waals surface area contributed by atoms with Crippen LogP contribution in [0.1, 0.15) is 11.1 Å². The van der Waals surface area contributed by atoms with Crippen molar-refractivity contribution in [3.8, 4) is 11.8 Å². The summed E-state index contributed by atoms with van der Waals surface area (Å²) < 4.78 is 0. The van der Waals surface area contributed by atoms with Crippen LogP contribution in [0.5, 0.6) is 5.75 Å². The number of azo groups is 1. The zero-order valence-electron chi connectivity index (χ0n) is 15.7. The van der Waals surface area contributed by atoms with E-state index in [1.165, 1.54) is 12.1 Å². The van der Waals surface area contributed by atoms with Crippen LogP contribution < -0.4 is 5.32 Å². The first-order valence-corrected chi connectivity index (χ1v) is 8.85. The van der Waals surface area contributed by atoms with E-state index in [1.54, 1.807) is 24.3 Å². The predicted molar refractivity (Wildman–Crippen MR) is 112 cm³/mol. The fourth-order valence-electron chi connectivity index (χ4n) is 2.54. The van der Waals surface area contributed by atoms with Crippen LogP contribution in [0.15, 0.2) is 88.6 Å². The highest BCUT2D eigenvalue weighted by molar-refractivity contribution is 6.10. The lowest BCUT2D eigenvalue weighted by Crippen LogP contribution is -2.14. The number of phenols is 1. The molecule has 3 rings (SSSR count). The number of carbonyl (C=O) groups is 1. The number of nitriles is 1. The third-order valence-electron chi connectivity index (χ3n) is 4.11. The van der Waals surface area contributed by atoms with Crippen LogP contribution in [0.2, 0.25) is 0 Å². The molecule has 0 bridgehead atoms. The van der Waals surface area contributed by atoms with Crippen molar-refractivity contribution < 1.29 is 9.90 Å². The second-order valence-electron chi connectivity index (χ2n) is 6.22. The summed E-state index contributed by atoms with van der Waals surface area (Å²) in [6, 6.07) is 23.0. The van der Waals surface area contributed by atoms with E-state index in [-0.39, 0.29) is 11.3 Å². The van der Waals surface area contributed by atoms with Gasteiger partial charge in [0.25, 0.3) is 5.91 Å². The number of hydrogen-bond donors (Lipinski definition) is 2. The zero-order chi connectivity index (χ0) is 20.6. The number of nitrogens with zero attached hydrogens (tertiary/aromatic N) is 3. The van der Waals surface area contributed by atoms with Gasteiger partial charge in [-0.2, -0.15) is 15.5 Å². The minimum absolute atomic E-state index is 0.0693. The van der Waals surface area contributed by atoms with Crippen molar-refractivity contribution in [2.75, 3.05) is 5.32 Å². The van der Waals surface area contributed by atoms with Crippen LogP contribution in [-0.4, -0.2) is 11.0 Å². The van der Waals surface area contributed by atoms with E-state index in [0.29, 0.717) is 22.6 Å². The Morgan fingerprint density at radius 3 is 2.41 bits per heavy atom. The number of nitrogens with one attached hydrogen (secondary N) is 1. The van der Waals surface area contributed by atoms with Gasteiger partial charge in [-0.1, -0.05) is 36.4 Å². The molecule has 0 aliphatic rings. The molecule has 0 unspecified atom stereocenters. The SMILES string of the molecule is Cc1ccccc1NC(=O)/C(C#N)=C\c1cc(N=Nc2ccccc2)ccc1O. The summed E-state index contributed by atoms with van der Waals surface area (Å²) >= 11 is 0. The molecular formula is C23H18N4O2. The largest absolute Gasteiger partial charge is 0.507 e. The molecule has 3 aromatic rings. The number of carbonyl (C=O) groups excluding carboxylic acids is 1. The zero-order valence-corrected chi connectivity index (χ0v) is 15.7. The molecule has 1 amide bonds. The van der Waals surface area contributed by atoms with E-state index in [9.17, 15) is 15.2 Å². The number of para-hydroxylation sites is 1. The molecule has 3 aromatic carbocycles. The van der Waals surface area contributed by atoms with Crippen molar-refractivity contribution in [1.29, 1.82) is 5.26 Å². The maximum absolute atomic E-state index is 12.5. The van der Waals surface area contributed by atoms with Gasteiger partial charge in [-0.25, -0.2) is 0 Å². The molecule has 6 heteroatoms. The molecule has 0 saturated carbocycles. The summed E-state index contributed by atoms with van der Waals surface area (Å²) in [6.07, 6.45) is 1.32. The lowest BCUT2D eigenvalue weighted by molar-refractivity contribution is -0.112. The molecule has 6 nitrogen and oxygen atoms in total. The van der Waals surface area contributed by atoms with Gasteiger partial charge in [0, 0.05) is 11.3 Å². The molecule has 2 N–H and O–H groups in total. The van der Waals surface area contributed by atoms with E-state index in [1.807, 2.05) is 55.5 Å². The van der Waals surface area contributed by atoms with Crippen LogP contribution in [0.3, 0.4) is 0 Å². The highest BCUT2D eigenvalue weighted by Crippen LogP contribution is 2.27.